The molecule has 0 aliphatic heterocycles. The maximum absolute atomic E-state index is 12.1. The van der Waals surface area contributed by atoms with E-state index in [2.05, 4.69) is 4.98 Å². The zero-order valence-electron chi connectivity index (χ0n) is 16.2. The first kappa shape index (κ1) is 20.8. The van der Waals surface area contributed by atoms with Gasteiger partial charge in [0.25, 0.3) is 0 Å². The summed E-state index contributed by atoms with van der Waals surface area (Å²) in [7, 11) is -0.523. The number of hydrogen-bond donors (Lipinski definition) is 0. The molecule has 0 aliphatic rings. The van der Waals surface area contributed by atoms with Crippen LogP contribution in [0.3, 0.4) is 0 Å². The third-order valence-corrected chi connectivity index (χ3v) is 6.10. The fourth-order valence-electron chi connectivity index (χ4n) is 2.75. The maximum atomic E-state index is 12.1. The van der Waals surface area contributed by atoms with Crippen LogP contribution < -0.4 is 4.74 Å². The summed E-state index contributed by atoms with van der Waals surface area (Å²) in [6.45, 7) is 0.258. The van der Waals surface area contributed by atoms with Crippen LogP contribution in [0.4, 0.5) is 0 Å². The number of ether oxygens (including phenoxy) is 2. The molecule has 0 unspecified atom stereocenters. The van der Waals surface area contributed by atoms with Crippen molar-refractivity contribution in [3.63, 3.8) is 0 Å². The Kier molecular flexibility index (Phi) is 6.46. The number of benzene rings is 2. The number of pyridine rings is 1. The normalized spacial score (nSPS) is 11.6. The molecule has 3 rings (SSSR count). The van der Waals surface area contributed by atoms with Crippen molar-refractivity contribution in [2.45, 2.75) is 11.3 Å². The molecule has 152 valence electrons. The smallest absolute Gasteiger partial charge is 0.310 e. The van der Waals surface area contributed by atoms with Gasteiger partial charge in [-0.25, -0.2) is 12.7 Å². The Morgan fingerprint density at radius 2 is 1.72 bits per heavy atom. The van der Waals surface area contributed by atoms with Crippen molar-refractivity contribution in [2.24, 2.45) is 0 Å². The molecular formula is C21H22N2O5S. The van der Waals surface area contributed by atoms with Crippen LogP contribution in [0.2, 0.25) is 0 Å². The van der Waals surface area contributed by atoms with Crippen LogP contribution in [0.5, 0.6) is 5.75 Å². The van der Waals surface area contributed by atoms with Gasteiger partial charge in [-0.3, -0.25) is 9.78 Å². The van der Waals surface area contributed by atoms with E-state index in [1.807, 2.05) is 30.3 Å². The lowest BCUT2D eigenvalue weighted by Crippen LogP contribution is -2.22. The molecule has 0 bridgehead atoms. The molecule has 0 saturated heterocycles. The van der Waals surface area contributed by atoms with E-state index in [1.165, 1.54) is 26.2 Å². The first-order chi connectivity index (χ1) is 13.9. The lowest BCUT2D eigenvalue weighted by Gasteiger charge is -2.12. The largest absolute Gasteiger partial charge is 0.490 e. The Labute approximate surface area is 169 Å². The third kappa shape index (κ3) is 5.10. The maximum Gasteiger partial charge on any atom is 0.310 e. The summed E-state index contributed by atoms with van der Waals surface area (Å²) in [6, 6.07) is 15.6. The number of rotatable bonds is 8. The summed E-state index contributed by atoms with van der Waals surface area (Å²) >= 11 is 0. The predicted octanol–water partition coefficient (Wildman–Crippen LogP) is 2.65. The second-order valence-electron chi connectivity index (χ2n) is 6.50. The summed E-state index contributed by atoms with van der Waals surface area (Å²) in [5.41, 5.74) is 1.60. The number of fused-ring (bicyclic) bond motifs is 1. The van der Waals surface area contributed by atoms with Gasteiger partial charge in [-0.05, 0) is 35.9 Å². The van der Waals surface area contributed by atoms with Crippen molar-refractivity contribution < 1.29 is 22.7 Å². The van der Waals surface area contributed by atoms with Gasteiger partial charge in [-0.2, -0.15) is 0 Å². The number of carbonyl (C=O) groups excluding carboxylic acids is 1. The zero-order valence-corrected chi connectivity index (χ0v) is 17.1. The molecule has 8 heteroatoms. The SMILES string of the molecule is CN(C)S(=O)(=O)c1ccc(OCCOC(=O)Cc2cccc3cccnc23)cc1. The van der Waals surface area contributed by atoms with Crippen LogP contribution in [-0.2, 0) is 26.0 Å². The summed E-state index contributed by atoms with van der Waals surface area (Å²) in [5.74, 6) is 0.135. The van der Waals surface area contributed by atoms with E-state index < -0.39 is 10.0 Å². The quantitative estimate of drug-likeness (QED) is 0.416. The van der Waals surface area contributed by atoms with Crippen molar-refractivity contribution in [1.29, 1.82) is 0 Å². The van der Waals surface area contributed by atoms with E-state index >= 15 is 0 Å². The lowest BCUT2D eigenvalue weighted by molar-refractivity contribution is -0.143. The standard InChI is InChI=1S/C21H22N2O5S/c1-23(2)29(25,26)19-10-8-18(9-11-19)27-13-14-28-20(24)15-17-6-3-5-16-7-4-12-22-21(16)17/h3-12H,13-15H2,1-2H3. The van der Waals surface area contributed by atoms with Gasteiger partial charge in [0.15, 0.2) is 0 Å². The molecule has 0 spiro atoms. The molecule has 0 atom stereocenters. The molecule has 2 aromatic carbocycles. The van der Waals surface area contributed by atoms with Gasteiger partial charge < -0.3 is 9.47 Å². The van der Waals surface area contributed by atoms with Gasteiger partial charge in [0, 0.05) is 25.7 Å². The van der Waals surface area contributed by atoms with Gasteiger partial charge >= 0.3 is 5.97 Å². The third-order valence-electron chi connectivity index (χ3n) is 4.27. The van der Waals surface area contributed by atoms with Crippen LogP contribution in [0.25, 0.3) is 10.9 Å². The van der Waals surface area contributed by atoms with E-state index in [1.54, 1.807) is 18.3 Å². The minimum Gasteiger partial charge on any atom is -0.490 e. The van der Waals surface area contributed by atoms with Crippen molar-refractivity contribution in [3.8, 4) is 5.75 Å². The minimum absolute atomic E-state index is 0.0920. The van der Waals surface area contributed by atoms with E-state index in [0.29, 0.717) is 5.75 Å². The number of nitrogens with zero attached hydrogens (tertiary/aromatic N) is 2. The van der Waals surface area contributed by atoms with Gasteiger partial charge in [0.05, 0.1) is 16.8 Å². The lowest BCUT2D eigenvalue weighted by atomic mass is 10.1. The number of hydrogen-bond acceptors (Lipinski definition) is 6. The average molecular weight is 414 g/mol. The minimum atomic E-state index is -3.47. The average Bonchev–Trinajstić information content (AvgIpc) is 2.72. The van der Waals surface area contributed by atoms with Crippen molar-refractivity contribution >= 4 is 26.9 Å². The van der Waals surface area contributed by atoms with Crippen LogP contribution in [0, 0.1) is 0 Å². The van der Waals surface area contributed by atoms with Gasteiger partial charge in [0.1, 0.15) is 19.0 Å². The number of aromatic nitrogens is 1. The summed E-state index contributed by atoms with van der Waals surface area (Å²) in [4.78, 5) is 16.6. The molecule has 1 aromatic heterocycles. The summed E-state index contributed by atoms with van der Waals surface area (Å²) in [5, 5.41) is 0.973. The Morgan fingerprint density at radius 1 is 1.00 bits per heavy atom. The fourth-order valence-corrected chi connectivity index (χ4v) is 3.65. The van der Waals surface area contributed by atoms with E-state index in [0.717, 1.165) is 20.8 Å². The highest BCUT2D eigenvalue weighted by atomic mass is 32.2. The van der Waals surface area contributed by atoms with Gasteiger partial charge in [-0.1, -0.05) is 24.3 Å². The second-order valence-corrected chi connectivity index (χ2v) is 8.65. The Bertz CT molecular complexity index is 1090. The van der Waals surface area contributed by atoms with E-state index in [9.17, 15) is 13.2 Å². The van der Waals surface area contributed by atoms with Crippen LogP contribution >= 0.6 is 0 Å². The predicted molar refractivity (Wildman–Crippen MR) is 109 cm³/mol. The highest BCUT2D eigenvalue weighted by molar-refractivity contribution is 7.89. The van der Waals surface area contributed by atoms with Crippen molar-refractivity contribution in [2.75, 3.05) is 27.3 Å². The molecule has 7 nitrogen and oxygen atoms in total. The molecule has 0 amide bonds. The molecule has 29 heavy (non-hydrogen) atoms. The molecule has 0 radical (unpaired) electrons. The van der Waals surface area contributed by atoms with Crippen LogP contribution in [0.1, 0.15) is 5.56 Å². The number of para-hydroxylation sites is 1. The van der Waals surface area contributed by atoms with Crippen LogP contribution in [0.15, 0.2) is 65.7 Å². The number of sulfonamides is 1. The first-order valence-electron chi connectivity index (χ1n) is 9.01. The van der Waals surface area contributed by atoms with Crippen LogP contribution in [-0.4, -0.2) is 51.0 Å². The zero-order chi connectivity index (χ0) is 20.9. The molecule has 0 N–H and O–H groups in total. The molecule has 3 aromatic rings. The summed E-state index contributed by atoms with van der Waals surface area (Å²) in [6.07, 6.45) is 1.82. The monoisotopic (exact) mass is 414 g/mol. The van der Waals surface area contributed by atoms with E-state index in [4.69, 9.17) is 9.47 Å². The van der Waals surface area contributed by atoms with Gasteiger partial charge in [0.2, 0.25) is 10.0 Å². The Morgan fingerprint density at radius 3 is 2.45 bits per heavy atom. The van der Waals surface area contributed by atoms with E-state index in [-0.39, 0.29) is 30.5 Å². The van der Waals surface area contributed by atoms with Gasteiger partial charge in [-0.15, -0.1) is 0 Å². The Hall–Kier alpha value is -2.97. The fraction of sp³-hybridized carbons (Fsp3) is 0.238. The molecule has 0 aliphatic carbocycles. The summed E-state index contributed by atoms with van der Waals surface area (Å²) < 4.78 is 36.0. The Balaban J connectivity index is 1.48. The number of carbonyl (C=O) groups is 1. The first-order valence-corrected chi connectivity index (χ1v) is 10.5. The highest BCUT2D eigenvalue weighted by Gasteiger charge is 2.16. The molecule has 1 heterocycles. The highest BCUT2D eigenvalue weighted by Crippen LogP contribution is 2.18. The molecular weight excluding hydrogens is 392 g/mol. The molecule has 0 saturated carbocycles. The van der Waals surface area contributed by atoms with Crippen molar-refractivity contribution in [1.82, 2.24) is 9.29 Å². The molecule has 0 fully saturated rings. The number of esters is 1. The van der Waals surface area contributed by atoms with Crippen molar-refractivity contribution in [3.05, 3.63) is 66.4 Å². The second kappa shape index (κ2) is 9.02. The topological polar surface area (TPSA) is 85.8 Å².